The fourth-order valence-electron chi connectivity index (χ4n) is 4.25. The van der Waals surface area contributed by atoms with Crippen LogP contribution in [-0.4, -0.2) is 23.9 Å². The Labute approximate surface area is 187 Å². The number of carbonyl (C=O) groups excluding carboxylic acids is 2. The summed E-state index contributed by atoms with van der Waals surface area (Å²) in [6.07, 6.45) is 0.145. The molecule has 0 spiro atoms. The molecule has 0 bridgehead atoms. The lowest BCUT2D eigenvalue weighted by Gasteiger charge is -2.46. The molecule has 31 heavy (non-hydrogen) atoms. The summed E-state index contributed by atoms with van der Waals surface area (Å²) >= 11 is 1.69. The van der Waals surface area contributed by atoms with Crippen molar-refractivity contribution >= 4 is 24.1 Å². The fraction of sp³-hybridized carbons (Fsp3) is 0.231. The summed E-state index contributed by atoms with van der Waals surface area (Å²) in [6, 6.07) is 31.0. The standard InChI is InChI=1S/C26H25NO3S/c1-2-22(30-18-28)23-24(29)27-25(23)31-26(19-12-6-3-7-13-19,20-14-8-4-9-15-20)21-16-10-5-11-17-21/h3-18,22-23,25H,2H2,1H3,(H,27,29). The second kappa shape index (κ2) is 9.40. The van der Waals surface area contributed by atoms with Crippen molar-refractivity contribution in [3.63, 3.8) is 0 Å². The van der Waals surface area contributed by atoms with E-state index in [0.29, 0.717) is 12.9 Å². The molecule has 3 unspecified atom stereocenters. The van der Waals surface area contributed by atoms with E-state index in [0.717, 1.165) is 16.7 Å². The van der Waals surface area contributed by atoms with E-state index in [1.165, 1.54) is 0 Å². The Bertz CT molecular complexity index is 914. The van der Waals surface area contributed by atoms with Crippen molar-refractivity contribution in [3.8, 4) is 0 Å². The van der Waals surface area contributed by atoms with Gasteiger partial charge in [-0.1, -0.05) is 97.9 Å². The minimum Gasteiger partial charge on any atom is -0.464 e. The summed E-state index contributed by atoms with van der Waals surface area (Å²) in [4.78, 5) is 23.5. The molecule has 1 N–H and O–H groups in total. The van der Waals surface area contributed by atoms with Crippen molar-refractivity contribution in [2.24, 2.45) is 5.92 Å². The van der Waals surface area contributed by atoms with E-state index in [-0.39, 0.29) is 11.3 Å². The van der Waals surface area contributed by atoms with Crippen molar-refractivity contribution < 1.29 is 14.3 Å². The third-order valence-corrected chi connectivity index (χ3v) is 7.52. The Morgan fingerprint density at radius 1 is 0.903 bits per heavy atom. The SMILES string of the molecule is CCC(OC=O)C1C(=O)NC1SC(c1ccccc1)(c1ccccc1)c1ccccc1. The minimum absolute atomic E-state index is 0.0747. The summed E-state index contributed by atoms with van der Waals surface area (Å²) in [5, 5.41) is 2.86. The molecule has 158 valence electrons. The number of ether oxygens (including phenoxy) is 1. The highest BCUT2D eigenvalue weighted by atomic mass is 32.2. The van der Waals surface area contributed by atoms with Gasteiger partial charge in [0.05, 0.1) is 10.1 Å². The van der Waals surface area contributed by atoms with Gasteiger partial charge >= 0.3 is 0 Å². The quantitative estimate of drug-likeness (QED) is 0.302. The van der Waals surface area contributed by atoms with Crippen LogP contribution in [0, 0.1) is 5.92 Å². The van der Waals surface area contributed by atoms with E-state index in [2.05, 4.69) is 41.7 Å². The normalized spacial score (nSPS) is 19.1. The highest BCUT2D eigenvalue weighted by molar-refractivity contribution is 8.01. The van der Waals surface area contributed by atoms with Crippen LogP contribution in [0.5, 0.6) is 0 Å². The Kier molecular flexibility index (Phi) is 6.42. The Hall–Kier alpha value is -3.05. The van der Waals surface area contributed by atoms with Crippen molar-refractivity contribution in [2.75, 3.05) is 0 Å². The lowest BCUT2D eigenvalue weighted by Crippen LogP contribution is -2.62. The van der Waals surface area contributed by atoms with Crippen LogP contribution in [0.15, 0.2) is 91.0 Å². The maximum Gasteiger partial charge on any atom is 0.293 e. The van der Waals surface area contributed by atoms with Gasteiger partial charge in [-0.25, -0.2) is 0 Å². The molecular weight excluding hydrogens is 406 g/mol. The van der Waals surface area contributed by atoms with Crippen LogP contribution >= 0.6 is 11.8 Å². The average molecular weight is 432 g/mol. The zero-order valence-electron chi connectivity index (χ0n) is 17.3. The summed E-state index contributed by atoms with van der Waals surface area (Å²) < 4.78 is 4.73. The van der Waals surface area contributed by atoms with Gasteiger partial charge in [0.15, 0.2) is 0 Å². The molecule has 4 nitrogen and oxygen atoms in total. The molecule has 0 saturated carbocycles. The van der Waals surface area contributed by atoms with Crippen LogP contribution in [0.4, 0.5) is 0 Å². The molecule has 0 aliphatic carbocycles. The lowest BCUT2D eigenvalue weighted by atomic mass is 9.84. The van der Waals surface area contributed by atoms with Gasteiger partial charge in [-0.15, -0.1) is 11.8 Å². The van der Waals surface area contributed by atoms with E-state index < -0.39 is 16.8 Å². The smallest absolute Gasteiger partial charge is 0.293 e. The molecule has 3 atom stereocenters. The zero-order chi connectivity index (χ0) is 21.7. The largest absolute Gasteiger partial charge is 0.464 e. The number of benzene rings is 3. The third kappa shape index (κ3) is 3.98. The first kappa shape index (κ1) is 21.2. The van der Waals surface area contributed by atoms with E-state index in [4.69, 9.17) is 4.74 Å². The maximum atomic E-state index is 12.5. The number of rotatable bonds is 9. The van der Waals surface area contributed by atoms with Gasteiger partial charge in [0.2, 0.25) is 5.91 Å². The molecule has 1 fully saturated rings. The highest BCUT2D eigenvalue weighted by Gasteiger charge is 2.51. The predicted molar refractivity (Wildman–Crippen MR) is 123 cm³/mol. The van der Waals surface area contributed by atoms with Crippen molar-refractivity contribution in [1.29, 1.82) is 0 Å². The zero-order valence-corrected chi connectivity index (χ0v) is 18.1. The van der Waals surface area contributed by atoms with Crippen molar-refractivity contribution in [3.05, 3.63) is 108 Å². The Morgan fingerprint density at radius 3 is 1.71 bits per heavy atom. The van der Waals surface area contributed by atoms with Crippen LogP contribution < -0.4 is 5.32 Å². The second-order valence-corrected chi connectivity index (χ2v) is 8.89. The van der Waals surface area contributed by atoms with E-state index in [9.17, 15) is 9.59 Å². The topological polar surface area (TPSA) is 55.4 Å². The van der Waals surface area contributed by atoms with Crippen LogP contribution in [0.2, 0.25) is 0 Å². The van der Waals surface area contributed by atoms with E-state index in [1.54, 1.807) is 11.8 Å². The van der Waals surface area contributed by atoms with Gasteiger partial charge in [-0.3, -0.25) is 9.59 Å². The molecule has 4 rings (SSSR count). The summed E-state index contributed by atoms with van der Waals surface area (Å²) in [7, 11) is 0. The van der Waals surface area contributed by atoms with Crippen molar-refractivity contribution in [1.82, 2.24) is 5.32 Å². The number of hydrogen-bond acceptors (Lipinski definition) is 4. The molecule has 1 heterocycles. The molecule has 1 aliphatic heterocycles. The minimum atomic E-state index is -0.542. The first-order valence-electron chi connectivity index (χ1n) is 10.4. The molecule has 0 radical (unpaired) electrons. The van der Waals surface area contributed by atoms with E-state index in [1.807, 2.05) is 61.5 Å². The molecule has 3 aromatic rings. The van der Waals surface area contributed by atoms with Gasteiger partial charge in [0.1, 0.15) is 12.0 Å². The number of carbonyl (C=O) groups is 2. The maximum absolute atomic E-state index is 12.5. The van der Waals surface area contributed by atoms with Crippen molar-refractivity contribution in [2.45, 2.75) is 29.6 Å². The van der Waals surface area contributed by atoms with Gasteiger partial charge in [0, 0.05) is 0 Å². The summed E-state index contributed by atoms with van der Waals surface area (Å²) in [5.41, 5.74) is 3.38. The lowest BCUT2D eigenvalue weighted by molar-refractivity contribution is -0.147. The van der Waals surface area contributed by atoms with Crippen LogP contribution in [0.25, 0.3) is 0 Å². The number of thioether (sulfide) groups is 1. The summed E-state index contributed by atoms with van der Waals surface area (Å²) in [5.74, 6) is -0.468. The highest BCUT2D eigenvalue weighted by Crippen LogP contribution is 2.52. The first-order chi connectivity index (χ1) is 15.2. The molecule has 1 aliphatic rings. The van der Waals surface area contributed by atoms with Gasteiger partial charge < -0.3 is 10.1 Å². The fourth-order valence-corrected chi connectivity index (χ4v) is 6.07. The number of β-lactam (4-membered cyclic amide) rings is 1. The number of hydrogen-bond donors (Lipinski definition) is 1. The monoisotopic (exact) mass is 431 g/mol. The molecule has 0 aromatic heterocycles. The van der Waals surface area contributed by atoms with Gasteiger partial charge in [-0.05, 0) is 23.1 Å². The molecule has 1 saturated heterocycles. The predicted octanol–water partition coefficient (Wildman–Crippen LogP) is 4.74. The van der Waals surface area contributed by atoms with Crippen LogP contribution in [0.3, 0.4) is 0 Å². The van der Waals surface area contributed by atoms with Crippen LogP contribution in [0.1, 0.15) is 30.0 Å². The first-order valence-corrected chi connectivity index (χ1v) is 11.3. The molecule has 5 heteroatoms. The second-order valence-electron chi connectivity index (χ2n) is 7.53. The average Bonchev–Trinajstić information content (AvgIpc) is 2.83. The molecule has 1 amide bonds. The van der Waals surface area contributed by atoms with E-state index >= 15 is 0 Å². The van der Waals surface area contributed by atoms with Gasteiger partial charge in [0.25, 0.3) is 6.47 Å². The van der Waals surface area contributed by atoms with Crippen LogP contribution in [-0.2, 0) is 19.1 Å². The molecular formula is C26H25NO3S. The third-order valence-electron chi connectivity index (χ3n) is 5.79. The number of nitrogens with one attached hydrogen (secondary N) is 1. The Morgan fingerprint density at radius 2 is 1.35 bits per heavy atom. The Balaban J connectivity index is 1.85. The summed E-state index contributed by atoms with van der Waals surface area (Å²) in [6.45, 7) is 2.38. The van der Waals surface area contributed by atoms with Gasteiger partial charge in [-0.2, -0.15) is 0 Å². The number of amides is 1. The molecule has 3 aromatic carbocycles.